The average Bonchev–Trinajstić information content (AvgIpc) is 3.15. The van der Waals surface area contributed by atoms with Gasteiger partial charge in [-0.15, -0.1) is 17.0 Å². The van der Waals surface area contributed by atoms with E-state index in [1.165, 1.54) is 48.2 Å². The Kier molecular flexibility index (Phi) is 5.29. The smallest absolute Gasteiger partial charge is 0.168 e. The minimum absolute atomic E-state index is 0. The molecule has 134 valence electrons. The molecule has 4 rings (SSSR count). The van der Waals surface area contributed by atoms with Crippen LogP contribution < -0.4 is 0 Å². The molecule has 2 aromatic carbocycles. The lowest BCUT2D eigenvalue weighted by atomic mass is 9.84. The summed E-state index contributed by atoms with van der Waals surface area (Å²) in [5, 5.41) is 2.77. The summed E-state index contributed by atoms with van der Waals surface area (Å²) in [6, 6.07) is 11.6. The SMILES string of the molecule is Br.O=C(CC1(c2ccc(F)cc2)CN2C=CSC2=N1)c1ccc(F)cc1. The first kappa shape index (κ1) is 18.8. The highest BCUT2D eigenvalue weighted by Gasteiger charge is 2.43. The lowest BCUT2D eigenvalue weighted by Crippen LogP contribution is -2.33. The number of hydrogen-bond acceptors (Lipinski definition) is 4. The summed E-state index contributed by atoms with van der Waals surface area (Å²) in [6.07, 6.45) is 2.07. The number of ketones is 1. The number of amidine groups is 1. The second-order valence-corrected chi connectivity index (χ2v) is 6.94. The predicted octanol–water partition coefficient (Wildman–Crippen LogP) is 4.90. The number of Topliss-reactive ketones (excluding diaryl/α,β-unsaturated/α-hetero) is 1. The molecule has 0 saturated heterocycles. The van der Waals surface area contributed by atoms with Gasteiger partial charge in [0.25, 0.3) is 0 Å². The summed E-state index contributed by atoms with van der Waals surface area (Å²) in [6.45, 7) is 0.518. The highest BCUT2D eigenvalue weighted by Crippen LogP contribution is 2.41. The Morgan fingerprint density at radius 1 is 1.08 bits per heavy atom. The molecular weight excluding hydrogens is 422 g/mol. The van der Waals surface area contributed by atoms with E-state index >= 15 is 0 Å². The summed E-state index contributed by atoms with van der Waals surface area (Å²) >= 11 is 1.50. The van der Waals surface area contributed by atoms with E-state index in [-0.39, 0.29) is 40.8 Å². The van der Waals surface area contributed by atoms with Crippen molar-refractivity contribution >= 4 is 39.7 Å². The topological polar surface area (TPSA) is 32.7 Å². The van der Waals surface area contributed by atoms with E-state index in [1.54, 1.807) is 12.1 Å². The van der Waals surface area contributed by atoms with Crippen molar-refractivity contribution in [3.8, 4) is 0 Å². The molecule has 0 N–H and O–H groups in total. The van der Waals surface area contributed by atoms with Crippen molar-refractivity contribution in [2.75, 3.05) is 6.54 Å². The molecule has 2 aliphatic heterocycles. The molecule has 1 atom stereocenters. The second kappa shape index (κ2) is 7.32. The third kappa shape index (κ3) is 3.46. The van der Waals surface area contributed by atoms with E-state index in [4.69, 9.17) is 4.99 Å². The van der Waals surface area contributed by atoms with Gasteiger partial charge in [0.1, 0.15) is 17.2 Å². The fraction of sp³-hybridized carbons (Fsp3) is 0.158. The Morgan fingerprint density at radius 3 is 2.31 bits per heavy atom. The summed E-state index contributed by atoms with van der Waals surface area (Å²) in [5.41, 5.74) is 0.463. The van der Waals surface area contributed by atoms with Gasteiger partial charge in [0, 0.05) is 18.2 Å². The van der Waals surface area contributed by atoms with Crippen LogP contribution in [0.1, 0.15) is 22.3 Å². The average molecular weight is 437 g/mol. The van der Waals surface area contributed by atoms with Crippen molar-refractivity contribution in [2.45, 2.75) is 12.0 Å². The van der Waals surface area contributed by atoms with Crippen molar-refractivity contribution in [3.05, 3.63) is 82.9 Å². The van der Waals surface area contributed by atoms with Crippen LogP contribution in [0.4, 0.5) is 8.78 Å². The molecule has 0 aromatic heterocycles. The third-order valence-electron chi connectivity index (χ3n) is 4.40. The Morgan fingerprint density at radius 2 is 1.69 bits per heavy atom. The molecule has 26 heavy (non-hydrogen) atoms. The minimum atomic E-state index is -0.772. The monoisotopic (exact) mass is 436 g/mol. The van der Waals surface area contributed by atoms with E-state index in [0.717, 1.165) is 10.7 Å². The molecule has 2 aromatic rings. The van der Waals surface area contributed by atoms with Gasteiger partial charge in [-0.05, 0) is 47.4 Å². The molecule has 0 saturated carbocycles. The van der Waals surface area contributed by atoms with Gasteiger partial charge in [0.2, 0.25) is 0 Å². The van der Waals surface area contributed by atoms with Crippen LogP contribution in [0.15, 0.2) is 65.1 Å². The number of hydrogen-bond donors (Lipinski definition) is 0. The van der Waals surface area contributed by atoms with Crippen LogP contribution in [0.5, 0.6) is 0 Å². The number of aliphatic imine (C=N–C) groups is 1. The van der Waals surface area contributed by atoms with Gasteiger partial charge in [0.05, 0.1) is 6.54 Å². The van der Waals surface area contributed by atoms with E-state index in [0.29, 0.717) is 12.1 Å². The molecule has 2 aliphatic rings. The second-order valence-electron chi connectivity index (χ2n) is 6.07. The van der Waals surface area contributed by atoms with Gasteiger partial charge < -0.3 is 4.90 Å². The van der Waals surface area contributed by atoms with Crippen molar-refractivity contribution in [1.82, 2.24) is 4.90 Å². The molecule has 0 fully saturated rings. The Labute approximate surface area is 164 Å². The van der Waals surface area contributed by atoms with Crippen molar-refractivity contribution in [3.63, 3.8) is 0 Å². The minimum Gasteiger partial charge on any atom is -0.324 e. The lowest BCUT2D eigenvalue weighted by molar-refractivity contribution is 0.0950. The van der Waals surface area contributed by atoms with Crippen LogP contribution in [-0.4, -0.2) is 22.4 Å². The van der Waals surface area contributed by atoms with Crippen LogP contribution in [0.25, 0.3) is 0 Å². The maximum absolute atomic E-state index is 13.3. The molecule has 0 amide bonds. The van der Waals surface area contributed by atoms with E-state index in [2.05, 4.69) is 0 Å². The summed E-state index contributed by atoms with van der Waals surface area (Å²) < 4.78 is 26.4. The lowest BCUT2D eigenvalue weighted by Gasteiger charge is -2.27. The molecule has 0 spiro atoms. The molecule has 7 heteroatoms. The number of benzene rings is 2. The van der Waals surface area contributed by atoms with Gasteiger partial charge in [-0.25, -0.2) is 13.8 Å². The number of halogens is 3. The number of thioether (sulfide) groups is 1. The first-order valence-corrected chi connectivity index (χ1v) is 8.68. The van der Waals surface area contributed by atoms with E-state index < -0.39 is 5.54 Å². The first-order chi connectivity index (χ1) is 12.1. The number of carbonyl (C=O) groups excluding carboxylic acids is 1. The number of rotatable bonds is 4. The highest BCUT2D eigenvalue weighted by atomic mass is 79.9. The Balaban J connectivity index is 0.00000196. The zero-order valence-corrected chi connectivity index (χ0v) is 16.1. The van der Waals surface area contributed by atoms with Crippen molar-refractivity contribution < 1.29 is 13.6 Å². The standard InChI is InChI=1S/C19H14F2N2OS.BrH/c20-15-5-1-13(2-6-15)17(24)11-19(14-3-7-16(21)8-4-14)12-23-9-10-25-18(23)22-19;/h1-10H,11-12H2;1H. The zero-order valence-electron chi connectivity index (χ0n) is 13.6. The van der Waals surface area contributed by atoms with Crippen LogP contribution in [0.3, 0.4) is 0 Å². The molecule has 3 nitrogen and oxygen atoms in total. The number of fused-ring (bicyclic) bond motifs is 1. The van der Waals surface area contributed by atoms with E-state index in [9.17, 15) is 13.6 Å². The number of carbonyl (C=O) groups is 1. The third-order valence-corrected chi connectivity index (χ3v) is 5.20. The quantitative estimate of drug-likeness (QED) is 0.638. The van der Waals surface area contributed by atoms with Crippen LogP contribution in [0.2, 0.25) is 0 Å². The maximum Gasteiger partial charge on any atom is 0.168 e. The van der Waals surface area contributed by atoms with Crippen molar-refractivity contribution in [1.29, 1.82) is 0 Å². The van der Waals surface area contributed by atoms with Crippen LogP contribution in [0, 0.1) is 11.6 Å². The highest BCUT2D eigenvalue weighted by molar-refractivity contribution is 8.93. The summed E-state index contributed by atoms with van der Waals surface area (Å²) in [5.74, 6) is -0.832. The Bertz CT molecular complexity index is 883. The molecule has 1 unspecified atom stereocenters. The first-order valence-electron chi connectivity index (χ1n) is 7.80. The number of nitrogens with zero attached hydrogens (tertiary/aromatic N) is 2. The summed E-state index contributed by atoms with van der Waals surface area (Å²) in [7, 11) is 0. The van der Waals surface area contributed by atoms with Gasteiger partial charge in [-0.1, -0.05) is 23.9 Å². The Hall–Kier alpha value is -1.99. The van der Waals surface area contributed by atoms with Crippen molar-refractivity contribution in [2.24, 2.45) is 4.99 Å². The van der Waals surface area contributed by atoms with E-state index in [1.807, 2.05) is 16.5 Å². The molecule has 0 radical (unpaired) electrons. The maximum atomic E-state index is 13.3. The van der Waals surface area contributed by atoms with Gasteiger partial charge in [-0.3, -0.25) is 4.79 Å². The molecule has 0 aliphatic carbocycles. The fourth-order valence-corrected chi connectivity index (χ4v) is 3.94. The van der Waals surface area contributed by atoms with Crippen LogP contribution in [-0.2, 0) is 5.54 Å². The largest absolute Gasteiger partial charge is 0.324 e. The van der Waals surface area contributed by atoms with Crippen LogP contribution >= 0.6 is 28.7 Å². The molecule has 2 heterocycles. The normalized spacial score (nSPS) is 20.5. The zero-order chi connectivity index (χ0) is 17.4. The fourth-order valence-electron chi connectivity index (χ4n) is 3.12. The van der Waals surface area contributed by atoms with Gasteiger partial charge in [-0.2, -0.15) is 0 Å². The molecular formula is C19H15BrF2N2OS. The molecule has 0 bridgehead atoms. The van der Waals surface area contributed by atoms with Gasteiger partial charge >= 0.3 is 0 Å². The van der Waals surface area contributed by atoms with Gasteiger partial charge in [0.15, 0.2) is 11.0 Å². The predicted molar refractivity (Wildman–Crippen MR) is 105 cm³/mol. The summed E-state index contributed by atoms with van der Waals surface area (Å²) in [4.78, 5) is 19.6.